The molecule has 0 saturated carbocycles. The van der Waals surface area contributed by atoms with Crippen LogP contribution in [0.3, 0.4) is 0 Å². The Morgan fingerprint density at radius 3 is 1.54 bits per heavy atom. The standard InChI is InChI=1S/C24H21NO/c1-3-25(16(2)26)24-20-13-7-4-10-17(20)23(18-11-5-8-14-21(18)24)19-12-6-9-15-22(19)24/h4-15,23H,3H2,1-2H3. The van der Waals surface area contributed by atoms with E-state index in [1.165, 1.54) is 33.4 Å². The summed E-state index contributed by atoms with van der Waals surface area (Å²) < 4.78 is 0. The number of carbonyl (C=O) groups excluding carboxylic acids is 1. The molecule has 0 unspecified atom stereocenters. The van der Waals surface area contributed by atoms with Gasteiger partial charge < -0.3 is 4.90 Å². The molecule has 0 radical (unpaired) electrons. The minimum atomic E-state index is -0.543. The maximum absolute atomic E-state index is 12.8. The summed E-state index contributed by atoms with van der Waals surface area (Å²) in [6, 6.07) is 26.0. The van der Waals surface area contributed by atoms with Crippen molar-refractivity contribution in [3.8, 4) is 0 Å². The van der Waals surface area contributed by atoms with Crippen molar-refractivity contribution in [2.24, 2.45) is 0 Å². The zero-order valence-corrected chi connectivity index (χ0v) is 15.1. The molecule has 3 aromatic carbocycles. The largest absolute Gasteiger partial charge is 0.325 e. The summed E-state index contributed by atoms with van der Waals surface area (Å²) in [4.78, 5) is 14.9. The molecular weight excluding hydrogens is 318 g/mol. The molecule has 3 aromatic rings. The van der Waals surface area contributed by atoms with Crippen LogP contribution in [0.15, 0.2) is 72.8 Å². The van der Waals surface area contributed by atoms with Crippen LogP contribution in [-0.4, -0.2) is 17.4 Å². The molecule has 2 nitrogen and oxygen atoms in total. The van der Waals surface area contributed by atoms with Crippen LogP contribution in [0.2, 0.25) is 0 Å². The number of benzene rings is 3. The molecule has 2 bridgehead atoms. The van der Waals surface area contributed by atoms with Crippen LogP contribution < -0.4 is 0 Å². The van der Waals surface area contributed by atoms with E-state index in [0.29, 0.717) is 6.54 Å². The van der Waals surface area contributed by atoms with E-state index in [0.717, 1.165) is 0 Å². The highest BCUT2D eigenvalue weighted by Crippen LogP contribution is 2.60. The van der Waals surface area contributed by atoms with Gasteiger partial charge >= 0.3 is 0 Å². The Morgan fingerprint density at radius 1 is 0.808 bits per heavy atom. The number of hydrogen-bond acceptors (Lipinski definition) is 1. The lowest BCUT2D eigenvalue weighted by Gasteiger charge is -2.55. The van der Waals surface area contributed by atoms with Crippen LogP contribution in [0.4, 0.5) is 0 Å². The minimum Gasteiger partial charge on any atom is -0.325 e. The van der Waals surface area contributed by atoms with Crippen molar-refractivity contribution in [3.63, 3.8) is 0 Å². The van der Waals surface area contributed by atoms with Gasteiger partial charge in [-0.25, -0.2) is 0 Å². The van der Waals surface area contributed by atoms with Gasteiger partial charge in [-0.1, -0.05) is 72.8 Å². The predicted molar refractivity (Wildman–Crippen MR) is 103 cm³/mol. The number of rotatable bonds is 2. The Kier molecular flexibility index (Phi) is 3.14. The van der Waals surface area contributed by atoms with E-state index in [2.05, 4.69) is 79.7 Å². The molecule has 26 heavy (non-hydrogen) atoms. The number of carbonyl (C=O) groups is 1. The highest BCUT2D eigenvalue weighted by molar-refractivity contribution is 5.81. The Morgan fingerprint density at radius 2 is 1.19 bits per heavy atom. The van der Waals surface area contributed by atoms with Crippen molar-refractivity contribution in [1.82, 2.24) is 4.90 Å². The second-order valence-electron chi connectivity index (χ2n) is 7.17. The SMILES string of the molecule is CCN(C(C)=O)C12c3ccccc3C(c3ccccc31)c1ccccc12. The fraction of sp³-hybridized carbons (Fsp3) is 0.208. The Labute approximate surface area is 154 Å². The van der Waals surface area contributed by atoms with Crippen molar-refractivity contribution in [1.29, 1.82) is 0 Å². The third-order valence-corrected chi connectivity index (χ3v) is 6.09. The summed E-state index contributed by atoms with van der Waals surface area (Å²) in [5.74, 6) is 0.346. The molecule has 1 amide bonds. The van der Waals surface area contributed by atoms with Crippen LogP contribution in [0, 0.1) is 0 Å². The zero-order valence-electron chi connectivity index (χ0n) is 15.1. The maximum atomic E-state index is 12.8. The molecule has 0 heterocycles. The summed E-state index contributed by atoms with van der Waals surface area (Å²) in [6.07, 6.45) is 0. The van der Waals surface area contributed by atoms with Crippen LogP contribution in [0.25, 0.3) is 0 Å². The number of nitrogens with zero attached hydrogens (tertiary/aromatic N) is 1. The zero-order chi connectivity index (χ0) is 17.9. The molecule has 128 valence electrons. The first kappa shape index (κ1) is 15.4. The first-order chi connectivity index (χ1) is 12.7. The molecule has 0 aliphatic heterocycles. The van der Waals surface area contributed by atoms with Gasteiger partial charge in [-0.3, -0.25) is 4.79 Å². The molecule has 0 fully saturated rings. The first-order valence-corrected chi connectivity index (χ1v) is 9.27. The fourth-order valence-corrected chi connectivity index (χ4v) is 5.30. The van der Waals surface area contributed by atoms with E-state index in [4.69, 9.17) is 0 Å². The summed E-state index contributed by atoms with van der Waals surface area (Å²) in [5, 5.41) is 0. The van der Waals surface area contributed by atoms with E-state index in [-0.39, 0.29) is 11.8 Å². The predicted octanol–water partition coefficient (Wildman–Crippen LogP) is 4.65. The Hall–Kier alpha value is -2.87. The number of hydrogen-bond donors (Lipinski definition) is 0. The van der Waals surface area contributed by atoms with Gasteiger partial charge in [0.15, 0.2) is 0 Å². The van der Waals surface area contributed by atoms with Gasteiger partial charge in [-0.05, 0) is 40.3 Å². The molecular formula is C24H21NO. The van der Waals surface area contributed by atoms with Gasteiger partial charge in [0.25, 0.3) is 0 Å². The third-order valence-electron chi connectivity index (χ3n) is 6.09. The molecule has 0 atom stereocenters. The highest BCUT2D eigenvalue weighted by Gasteiger charge is 2.55. The Balaban J connectivity index is 2.00. The monoisotopic (exact) mass is 339 g/mol. The number of amides is 1. The summed E-state index contributed by atoms with van der Waals surface area (Å²) in [7, 11) is 0. The topological polar surface area (TPSA) is 20.3 Å². The van der Waals surface area contributed by atoms with E-state index >= 15 is 0 Å². The van der Waals surface area contributed by atoms with Crippen LogP contribution >= 0.6 is 0 Å². The van der Waals surface area contributed by atoms with Crippen LogP contribution in [-0.2, 0) is 10.3 Å². The van der Waals surface area contributed by atoms with E-state index in [1.807, 2.05) is 4.90 Å². The van der Waals surface area contributed by atoms with Crippen molar-refractivity contribution >= 4 is 5.91 Å². The quantitative estimate of drug-likeness (QED) is 0.665. The highest BCUT2D eigenvalue weighted by atomic mass is 16.2. The van der Waals surface area contributed by atoms with E-state index < -0.39 is 5.54 Å². The third kappa shape index (κ3) is 1.65. The summed E-state index contributed by atoms with van der Waals surface area (Å²) in [5.41, 5.74) is 7.18. The van der Waals surface area contributed by atoms with Crippen LogP contribution in [0.5, 0.6) is 0 Å². The normalized spacial score (nSPS) is 21.5. The van der Waals surface area contributed by atoms with Crippen molar-refractivity contribution < 1.29 is 4.79 Å². The smallest absolute Gasteiger partial charge is 0.220 e. The second kappa shape index (κ2) is 5.31. The maximum Gasteiger partial charge on any atom is 0.220 e. The molecule has 0 N–H and O–H groups in total. The van der Waals surface area contributed by atoms with Crippen LogP contribution in [0.1, 0.15) is 53.1 Å². The first-order valence-electron chi connectivity index (χ1n) is 9.27. The molecule has 3 aliphatic carbocycles. The molecule has 3 aliphatic rings. The molecule has 0 spiro atoms. The van der Waals surface area contributed by atoms with Gasteiger partial charge in [0, 0.05) is 19.4 Å². The van der Waals surface area contributed by atoms with Gasteiger partial charge in [-0.15, -0.1) is 0 Å². The van der Waals surface area contributed by atoms with Gasteiger partial charge in [0.1, 0.15) is 5.54 Å². The Bertz CT molecular complexity index is 920. The molecule has 0 saturated heterocycles. The summed E-state index contributed by atoms with van der Waals surface area (Å²) in [6.45, 7) is 4.43. The average molecular weight is 339 g/mol. The van der Waals surface area contributed by atoms with Gasteiger partial charge in [-0.2, -0.15) is 0 Å². The molecule has 0 aromatic heterocycles. The fourth-order valence-electron chi connectivity index (χ4n) is 5.30. The lowest BCUT2D eigenvalue weighted by molar-refractivity contribution is -0.132. The van der Waals surface area contributed by atoms with Crippen molar-refractivity contribution in [2.75, 3.05) is 6.54 Å². The lowest BCUT2D eigenvalue weighted by atomic mass is 9.56. The molecule has 6 rings (SSSR count). The summed E-state index contributed by atoms with van der Waals surface area (Å²) >= 11 is 0. The molecule has 2 heteroatoms. The minimum absolute atomic E-state index is 0.104. The van der Waals surface area contributed by atoms with Gasteiger partial charge in [0.05, 0.1) is 0 Å². The van der Waals surface area contributed by atoms with E-state index in [9.17, 15) is 4.79 Å². The van der Waals surface area contributed by atoms with Crippen molar-refractivity contribution in [2.45, 2.75) is 25.3 Å². The van der Waals surface area contributed by atoms with E-state index in [1.54, 1.807) is 6.92 Å². The second-order valence-corrected chi connectivity index (χ2v) is 7.17. The average Bonchev–Trinajstić information content (AvgIpc) is 2.68. The lowest BCUT2D eigenvalue weighted by Crippen LogP contribution is -2.55. The van der Waals surface area contributed by atoms with Gasteiger partial charge in [0.2, 0.25) is 5.91 Å². The van der Waals surface area contributed by atoms with Crippen molar-refractivity contribution in [3.05, 3.63) is 106 Å².